The van der Waals surface area contributed by atoms with E-state index in [1.165, 1.54) is 0 Å². The Kier molecular flexibility index (Phi) is 20.4. The summed E-state index contributed by atoms with van der Waals surface area (Å²) in [5.41, 5.74) is 0. The van der Waals surface area contributed by atoms with E-state index in [-0.39, 0.29) is 42.8 Å². The average molecular weight is 490 g/mol. The third-order valence-electron chi connectivity index (χ3n) is 4.98. The fourth-order valence-corrected chi connectivity index (χ4v) is 2.82. The molecular weight excluding hydrogens is 446 g/mol. The minimum Gasteiger partial charge on any atom is -0.481 e. The van der Waals surface area contributed by atoms with Gasteiger partial charge in [0.25, 0.3) is 0 Å². The Labute approximate surface area is 203 Å². The number of ether oxygens (including phenoxy) is 4. The number of Topliss-reactive ketones (excluding diaryl/α,β-unsaturated/α-hetero) is 2. The first kappa shape index (κ1) is 32.1. The summed E-state index contributed by atoms with van der Waals surface area (Å²) in [6.07, 6.45) is 1.85. The maximum Gasteiger partial charge on any atom is 0.304 e. The van der Waals surface area contributed by atoms with Gasteiger partial charge in [-0.25, -0.2) is 0 Å². The van der Waals surface area contributed by atoms with E-state index in [2.05, 4.69) is 5.32 Å². The van der Waals surface area contributed by atoms with Crippen molar-refractivity contribution in [2.24, 2.45) is 11.8 Å². The van der Waals surface area contributed by atoms with Crippen LogP contribution < -0.4 is 5.32 Å². The summed E-state index contributed by atoms with van der Waals surface area (Å²) in [6, 6.07) is 0. The highest BCUT2D eigenvalue weighted by Crippen LogP contribution is 2.08. The van der Waals surface area contributed by atoms with Crippen LogP contribution in [0.3, 0.4) is 0 Å². The molecule has 0 aromatic rings. The van der Waals surface area contributed by atoms with Crippen molar-refractivity contribution < 1.29 is 43.2 Å². The third-order valence-corrected chi connectivity index (χ3v) is 4.98. The number of hydrogen-bond donors (Lipinski definition) is 2. The normalized spacial score (nSPS) is 12.0. The Balaban J connectivity index is 3.42. The van der Waals surface area contributed by atoms with E-state index in [1.807, 2.05) is 13.8 Å². The van der Waals surface area contributed by atoms with E-state index in [9.17, 15) is 19.2 Å². The second-order valence-corrected chi connectivity index (χ2v) is 8.21. The second-order valence-electron chi connectivity index (χ2n) is 8.21. The van der Waals surface area contributed by atoms with Crippen LogP contribution in [0.1, 0.15) is 59.3 Å². The molecule has 1 atom stereocenters. The summed E-state index contributed by atoms with van der Waals surface area (Å²) in [5, 5.41) is 11.4. The molecule has 0 aliphatic heterocycles. The molecule has 2 N–H and O–H groups in total. The minimum absolute atomic E-state index is 0.0269. The molecule has 10 heteroatoms. The maximum absolute atomic E-state index is 11.9. The third kappa shape index (κ3) is 19.6. The molecule has 0 bridgehead atoms. The summed E-state index contributed by atoms with van der Waals surface area (Å²) in [5.74, 6) is -1.63. The molecule has 198 valence electrons. The predicted octanol–water partition coefficient (Wildman–Crippen LogP) is 2.02. The number of carbonyl (C=O) groups excluding carboxylic acids is 3. The number of carboxylic acids is 1. The molecule has 0 heterocycles. The predicted molar refractivity (Wildman–Crippen MR) is 126 cm³/mol. The molecule has 34 heavy (non-hydrogen) atoms. The molecule has 0 radical (unpaired) electrons. The lowest BCUT2D eigenvalue weighted by Crippen LogP contribution is -2.33. The van der Waals surface area contributed by atoms with Crippen molar-refractivity contribution in [1.29, 1.82) is 0 Å². The van der Waals surface area contributed by atoms with E-state index in [0.717, 1.165) is 0 Å². The zero-order valence-corrected chi connectivity index (χ0v) is 21.0. The van der Waals surface area contributed by atoms with Gasteiger partial charge >= 0.3 is 5.97 Å². The van der Waals surface area contributed by atoms with Crippen molar-refractivity contribution >= 4 is 23.4 Å². The van der Waals surface area contributed by atoms with Crippen LogP contribution in [-0.4, -0.2) is 87.9 Å². The lowest BCUT2D eigenvalue weighted by atomic mass is 10.0. The van der Waals surface area contributed by atoms with Gasteiger partial charge in [-0.15, -0.1) is 0 Å². The highest BCUT2D eigenvalue weighted by molar-refractivity contribution is 5.84. The number of carbonyl (C=O) groups is 4. The largest absolute Gasteiger partial charge is 0.481 e. The number of amides is 1. The highest BCUT2D eigenvalue weighted by atomic mass is 16.6. The Morgan fingerprint density at radius 1 is 0.765 bits per heavy atom. The lowest BCUT2D eigenvalue weighted by Gasteiger charge is -2.12. The fraction of sp³-hybridized carbons (Fsp3) is 0.833. The standard InChI is InChI=1S/C24H43NO9/c1-4-20(18-23(28)29)24(30)25-9-7-21(26)6-5-10-31-12-14-33-16-17-34-15-13-32-11-8-22(27)19(2)3/h19-20H,4-18H2,1-3H3,(H,25,30)(H,28,29). The van der Waals surface area contributed by atoms with Gasteiger partial charge in [-0.05, 0) is 12.8 Å². The first-order valence-electron chi connectivity index (χ1n) is 12.1. The quantitative estimate of drug-likeness (QED) is 0.195. The van der Waals surface area contributed by atoms with Crippen LogP contribution in [0, 0.1) is 11.8 Å². The van der Waals surface area contributed by atoms with Gasteiger partial charge in [0.1, 0.15) is 11.6 Å². The van der Waals surface area contributed by atoms with Gasteiger partial charge in [0.2, 0.25) is 5.91 Å². The van der Waals surface area contributed by atoms with Gasteiger partial charge in [0.15, 0.2) is 0 Å². The fourth-order valence-electron chi connectivity index (χ4n) is 2.82. The van der Waals surface area contributed by atoms with Crippen molar-refractivity contribution in [3.63, 3.8) is 0 Å². The smallest absolute Gasteiger partial charge is 0.304 e. The van der Waals surface area contributed by atoms with E-state index in [1.54, 1.807) is 6.92 Å². The molecule has 1 unspecified atom stereocenters. The summed E-state index contributed by atoms with van der Waals surface area (Å²) >= 11 is 0. The van der Waals surface area contributed by atoms with E-state index in [4.69, 9.17) is 24.1 Å². The van der Waals surface area contributed by atoms with Crippen molar-refractivity contribution in [3.8, 4) is 0 Å². The topological polar surface area (TPSA) is 137 Å². The van der Waals surface area contributed by atoms with Crippen LogP contribution in [-0.2, 0) is 38.1 Å². The molecule has 0 aromatic carbocycles. The molecule has 0 aliphatic rings. The number of aliphatic carboxylic acids is 1. The molecule has 1 amide bonds. The van der Waals surface area contributed by atoms with Gasteiger partial charge in [0, 0.05) is 44.2 Å². The Bertz CT molecular complexity index is 581. The molecule has 0 rings (SSSR count). The van der Waals surface area contributed by atoms with Gasteiger partial charge in [-0.3, -0.25) is 19.2 Å². The Hall–Kier alpha value is -1.88. The lowest BCUT2D eigenvalue weighted by molar-refractivity contribution is -0.141. The van der Waals surface area contributed by atoms with Crippen LogP contribution in [0.2, 0.25) is 0 Å². The minimum atomic E-state index is -1.01. The molecule has 0 aromatic heterocycles. The second kappa shape index (κ2) is 21.6. The molecule has 0 spiro atoms. The van der Waals surface area contributed by atoms with E-state index in [0.29, 0.717) is 78.5 Å². The first-order chi connectivity index (χ1) is 16.3. The first-order valence-corrected chi connectivity index (χ1v) is 12.1. The summed E-state index contributed by atoms with van der Waals surface area (Å²) in [4.78, 5) is 45.9. The van der Waals surface area contributed by atoms with Gasteiger partial charge in [-0.2, -0.15) is 0 Å². The Morgan fingerprint density at radius 3 is 1.79 bits per heavy atom. The number of nitrogens with one attached hydrogen (secondary N) is 1. The molecule has 0 saturated heterocycles. The van der Waals surface area contributed by atoms with Crippen LogP contribution in [0.4, 0.5) is 0 Å². The van der Waals surface area contributed by atoms with Crippen LogP contribution >= 0.6 is 0 Å². The molecule has 10 nitrogen and oxygen atoms in total. The number of hydrogen-bond acceptors (Lipinski definition) is 8. The average Bonchev–Trinajstić information content (AvgIpc) is 2.79. The zero-order valence-electron chi connectivity index (χ0n) is 21.0. The highest BCUT2D eigenvalue weighted by Gasteiger charge is 2.19. The number of carboxylic acid groups (broad SMARTS) is 1. The van der Waals surface area contributed by atoms with Crippen molar-refractivity contribution in [1.82, 2.24) is 5.32 Å². The SMILES string of the molecule is CCC(CC(=O)O)C(=O)NCCC(=O)CCCOCCOCCOCCOCCC(=O)C(C)C. The number of rotatable bonds is 24. The monoisotopic (exact) mass is 489 g/mol. The molecule has 0 saturated carbocycles. The van der Waals surface area contributed by atoms with Gasteiger partial charge < -0.3 is 29.4 Å². The van der Waals surface area contributed by atoms with Crippen LogP contribution in [0.5, 0.6) is 0 Å². The molecule has 0 fully saturated rings. The van der Waals surface area contributed by atoms with Crippen LogP contribution in [0.15, 0.2) is 0 Å². The summed E-state index contributed by atoms with van der Waals surface area (Å²) in [7, 11) is 0. The number of ketones is 2. The zero-order chi connectivity index (χ0) is 25.6. The molecule has 0 aliphatic carbocycles. The van der Waals surface area contributed by atoms with Gasteiger partial charge in [-0.1, -0.05) is 20.8 Å². The van der Waals surface area contributed by atoms with Crippen molar-refractivity contribution in [2.45, 2.75) is 59.3 Å². The summed E-state index contributed by atoms with van der Waals surface area (Å²) < 4.78 is 21.5. The summed E-state index contributed by atoms with van der Waals surface area (Å²) in [6.45, 7) is 9.27. The van der Waals surface area contributed by atoms with Crippen molar-refractivity contribution in [2.75, 3.05) is 59.4 Å². The van der Waals surface area contributed by atoms with Crippen LogP contribution in [0.25, 0.3) is 0 Å². The maximum atomic E-state index is 11.9. The molecular formula is C24H43NO9. The van der Waals surface area contributed by atoms with Crippen molar-refractivity contribution in [3.05, 3.63) is 0 Å². The Morgan fingerprint density at radius 2 is 1.29 bits per heavy atom. The van der Waals surface area contributed by atoms with E-state index < -0.39 is 11.9 Å². The van der Waals surface area contributed by atoms with E-state index >= 15 is 0 Å². The van der Waals surface area contributed by atoms with Gasteiger partial charge in [0.05, 0.1) is 52.7 Å².